The number of nitrogens with zero attached hydrogens (tertiary/aromatic N) is 2. The summed E-state index contributed by atoms with van der Waals surface area (Å²) in [5.41, 5.74) is 5.83. The Labute approximate surface area is 97.6 Å². The van der Waals surface area contributed by atoms with Crippen LogP contribution in [0, 0.1) is 0 Å². The Morgan fingerprint density at radius 3 is 2.87 bits per heavy atom. The van der Waals surface area contributed by atoms with Crippen LogP contribution in [-0.2, 0) is 0 Å². The van der Waals surface area contributed by atoms with Crippen LogP contribution in [0.5, 0.6) is 0 Å². The summed E-state index contributed by atoms with van der Waals surface area (Å²) in [4.78, 5) is 17.4. The summed E-state index contributed by atoms with van der Waals surface area (Å²) in [6.45, 7) is 1.25. The molecule has 0 radical (unpaired) electrons. The van der Waals surface area contributed by atoms with Crippen molar-refractivity contribution in [3.8, 4) is 0 Å². The molecule has 0 aliphatic carbocycles. The van der Waals surface area contributed by atoms with Gasteiger partial charge in [0.1, 0.15) is 5.69 Å². The SMILES string of the molecule is CN(CCCN)C(=O)c1ccc(Br)cn1. The molecule has 2 N–H and O–H groups in total. The van der Waals surface area contributed by atoms with Gasteiger partial charge >= 0.3 is 0 Å². The molecule has 1 heterocycles. The zero-order valence-electron chi connectivity index (χ0n) is 8.61. The van der Waals surface area contributed by atoms with Crippen molar-refractivity contribution in [3.05, 3.63) is 28.5 Å². The Morgan fingerprint density at radius 2 is 2.33 bits per heavy atom. The minimum Gasteiger partial charge on any atom is -0.340 e. The van der Waals surface area contributed by atoms with Crippen LogP contribution in [0.15, 0.2) is 22.8 Å². The van der Waals surface area contributed by atoms with Gasteiger partial charge in [0, 0.05) is 24.3 Å². The predicted molar refractivity (Wildman–Crippen MR) is 62.6 cm³/mol. The number of rotatable bonds is 4. The molecule has 1 aromatic heterocycles. The van der Waals surface area contributed by atoms with E-state index in [4.69, 9.17) is 5.73 Å². The normalized spacial score (nSPS) is 10.1. The molecule has 15 heavy (non-hydrogen) atoms. The molecule has 4 nitrogen and oxygen atoms in total. The van der Waals surface area contributed by atoms with Crippen LogP contribution in [0.1, 0.15) is 16.9 Å². The average Bonchev–Trinajstić information content (AvgIpc) is 2.26. The van der Waals surface area contributed by atoms with Gasteiger partial charge in [0.15, 0.2) is 0 Å². The lowest BCUT2D eigenvalue weighted by atomic mass is 10.3. The molecule has 1 rings (SSSR count). The smallest absolute Gasteiger partial charge is 0.272 e. The zero-order valence-corrected chi connectivity index (χ0v) is 10.2. The quantitative estimate of drug-likeness (QED) is 0.897. The van der Waals surface area contributed by atoms with E-state index in [2.05, 4.69) is 20.9 Å². The second kappa shape index (κ2) is 5.82. The lowest BCUT2D eigenvalue weighted by Crippen LogP contribution is -2.29. The molecule has 0 aromatic carbocycles. The average molecular weight is 272 g/mol. The molecule has 5 heteroatoms. The van der Waals surface area contributed by atoms with Gasteiger partial charge in [0.2, 0.25) is 0 Å². The zero-order chi connectivity index (χ0) is 11.3. The van der Waals surface area contributed by atoms with Gasteiger partial charge < -0.3 is 10.6 Å². The van der Waals surface area contributed by atoms with Crippen molar-refractivity contribution in [3.63, 3.8) is 0 Å². The first-order valence-electron chi connectivity index (χ1n) is 4.72. The fourth-order valence-corrected chi connectivity index (χ4v) is 1.36. The molecule has 0 atom stereocenters. The van der Waals surface area contributed by atoms with Crippen molar-refractivity contribution in [1.82, 2.24) is 9.88 Å². The van der Waals surface area contributed by atoms with E-state index >= 15 is 0 Å². The van der Waals surface area contributed by atoms with Crippen LogP contribution in [0.4, 0.5) is 0 Å². The van der Waals surface area contributed by atoms with Crippen molar-refractivity contribution < 1.29 is 4.79 Å². The standard InChI is InChI=1S/C10H14BrN3O/c1-14(6-2-5-12)10(15)9-4-3-8(11)7-13-9/h3-4,7H,2,5-6,12H2,1H3. The number of nitrogens with two attached hydrogens (primary N) is 1. The number of carbonyl (C=O) groups is 1. The Hall–Kier alpha value is -0.940. The van der Waals surface area contributed by atoms with Crippen molar-refractivity contribution in [1.29, 1.82) is 0 Å². The number of amides is 1. The molecule has 0 aliphatic rings. The third kappa shape index (κ3) is 3.60. The van der Waals surface area contributed by atoms with Gasteiger partial charge in [-0.25, -0.2) is 4.98 Å². The fourth-order valence-electron chi connectivity index (χ4n) is 1.13. The highest BCUT2D eigenvalue weighted by Crippen LogP contribution is 2.08. The summed E-state index contributed by atoms with van der Waals surface area (Å²) < 4.78 is 0.865. The molecule has 1 amide bonds. The monoisotopic (exact) mass is 271 g/mol. The Kier molecular flexibility index (Phi) is 4.71. The van der Waals surface area contributed by atoms with Crippen molar-refractivity contribution in [2.45, 2.75) is 6.42 Å². The van der Waals surface area contributed by atoms with E-state index in [9.17, 15) is 4.79 Å². The molecule has 1 aromatic rings. The molecule has 0 saturated heterocycles. The summed E-state index contributed by atoms with van der Waals surface area (Å²) >= 11 is 3.27. The first-order valence-corrected chi connectivity index (χ1v) is 5.51. The second-order valence-electron chi connectivity index (χ2n) is 3.23. The van der Waals surface area contributed by atoms with Crippen LogP contribution in [0.3, 0.4) is 0 Å². The number of halogens is 1. The molecule has 0 fully saturated rings. The highest BCUT2D eigenvalue weighted by atomic mass is 79.9. The number of hydrogen-bond acceptors (Lipinski definition) is 3. The Morgan fingerprint density at radius 1 is 1.60 bits per heavy atom. The predicted octanol–water partition coefficient (Wildman–Crippen LogP) is 1.26. The van der Waals surface area contributed by atoms with Gasteiger partial charge in [-0.15, -0.1) is 0 Å². The Bertz CT molecular complexity index is 326. The van der Waals surface area contributed by atoms with Crippen LogP contribution in [0.25, 0.3) is 0 Å². The summed E-state index contributed by atoms with van der Waals surface area (Å²) in [6, 6.07) is 3.50. The van der Waals surface area contributed by atoms with Crippen molar-refractivity contribution >= 4 is 21.8 Å². The van der Waals surface area contributed by atoms with Crippen molar-refractivity contribution in [2.75, 3.05) is 20.1 Å². The summed E-state index contributed by atoms with van der Waals surface area (Å²) in [5, 5.41) is 0. The third-order valence-electron chi connectivity index (χ3n) is 1.99. The van der Waals surface area contributed by atoms with Crippen LogP contribution in [-0.4, -0.2) is 35.9 Å². The second-order valence-corrected chi connectivity index (χ2v) is 4.15. The highest BCUT2D eigenvalue weighted by molar-refractivity contribution is 9.10. The fraction of sp³-hybridized carbons (Fsp3) is 0.400. The molecule has 0 spiro atoms. The third-order valence-corrected chi connectivity index (χ3v) is 2.46. The maximum absolute atomic E-state index is 11.8. The van der Waals surface area contributed by atoms with Gasteiger partial charge in [0.05, 0.1) is 0 Å². The van der Waals surface area contributed by atoms with E-state index in [1.54, 1.807) is 30.3 Å². The van der Waals surface area contributed by atoms with E-state index in [0.29, 0.717) is 18.8 Å². The maximum Gasteiger partial charge on any atom is 0.272 e. The van der Waals surface area contributed by atoms with E-state index in [-0.39, 0.29) is 5.91 Å². The number of carbonyl (C=O) groups excluding carboxylic acids is 1. The molecule has 0 saturated carbocycles. The van der Waals surface area contributed by atoms with Gasteiger partial charge in [0.25, 0.3) is 5.91 Å². The summed E-state index contributed by atoms with van der Waals surface area (Å²) in [7, 11) is 1.75. The first-order chi connectivity index (χ1) is 7.15. The lowest BCUT2D eigenvalue weighted by molar-refractivity contribution is 0.0788. The Balaban J connectivity index is 2.63. The van der Waals surface area contributed by atoms with Crippen LogP contribution >= 0.6 is 15.9 Å². The molecule has 0 unspecified atom stereocenters. The van der Waals surface area contributed by atoms with Gasteiger partial charge in [-0.2, -0.15) is 0 Å². The van der Waals surface area contributed by atoms with Crippen molar-refractivity contribution in [2.24, 2.45) is 5.73 Å². The minimum atomic E-state index is -0.0732. The van der Waals surface area contributed by atoms with Gasteiger partial charge in [-0.05, 0) is 41.0 Å². The highest BCUT2D eigenvalue weighted by Gasteiger charge is 2.11. The van der Waals surface area contributed by atoms with E-state index in [1.807, 2.05) is 0 Å². The number of hydrogen-bond donors (Lipinski definition) is 1. The molecular formula is C10H14BrN3O. The largest absolute Gasteiger partial charge is 0.340 e. The molecular weight excluding hydrogens is 258 g/mol. The van der Waals surface area contributed by atoms with Crippen LogP contribution < -0.4 is 5.73 Å². The minimum absolute atomic E-state index is 0.0732. The summed E-state index contributed by atoms with van der Waals surface area (Å²) in [5.74, 6) is -0.0732. The van der Waals surface area contributed by atoms with E-state index in [0.717, 1.165) is 10.9 Å². The van der Waals surface area contributed by atoms with Crippen LogP contribution in [0.2, 0.25) is 0 Å². The number of pyridine rings is 1. The molecule has 0 aliphatic heterocycles. The first kappa shape index (κ1) is 12.1. The van der Waals surface area contributed by atoms with E-state index in [1.165, 1.54) is 0 Å². The maximum atomic E-state index is 11.8. The lowest BCUT2D eigenvalue weighted by Gasteiger charge is -2.15. The van der Waals surface area contributed by atoms with Gasteiger partial charge in [-0.1, -0.05) is 0 Å². The molecule has 0 bridgehead atoms. The molecule has 82 valence electrons. The summed E-state index contributed by atoms with van der Waals surface area (Å²) in [6.07, 6.45) is 2.42. The van der Waals surface area contributed by atoms with Gasteiger partial charge in [-0.3, -0.25) is 4.79 Å². The number of aromatic nitrogens is 1. The van der Waals surface area contributed by atoms with E-state index < -0.39 is 0 Å². The topological polar surface area (TPSA) is 59.2 Å².